The van der Waals surface area contributed by atoms with E-state index < -0.39 is 41.7 Å². The normalized spacial score (nSPS) is 16.3. The zero-order valence-electron chi connectivity index (χ0n) is 21.5. The third kappa shape index (κ3) is 6.08. The fraction of sp³-hybridized carbons (Fsp3) is 0.233. The van der Waals surface area contributed by atoms with Crippen molar-refractivity contribution in [2.45, 2.75) is 24.9 Å². The van der Waals surface area contributed by atoms with Gasteiger partial charge in [0, 0.05) is 18.6 Å². The van der Waals surface area contributed by atoms with Gasteiger partial charge in [0.15, 0.2) is 0 Å². The van der Waals surface area contributed by atoms with E-state index in [1.807, 2.05) is 6.07 Å². The lowest BCUT2D eigenvalue weighted by atomic mass is 9.91. The number of nitrogens with zero attached hydrogens (tertiary/aromatic N) is 1. The van der Waals surface area contributed by atoms with E-state index in [2.05, 4.69) is 16.6 Å². The maximum Gasteiger partial charge on any atom is 0.325 e. The van der Waals surface area contributed by atoms with Crippen molar-refractivity contribution in [2.24, 2.45) is 0 Å². The monoisotopic (exact) mass is 529 g/mol. The molecule has 0 bridgehead atoms. The molecule has 9 heteroatoms. The Morgan fingerprint density at radius 1 is 1.10 bits per heavy atom. The second-order valence-corrected chi connectivity index (χ2v) is 8.97. The van der Waals surface area contributed by atoms with Gasteiger partial charge in [-0.05, 0) is 41.5 Å². The molecule has 0 saturated carbocycles. The van der Waals surface area contributed by atoms with Crippen molar-refractivity contribution in [3.05, 3.63) is 95.3 Å². The van der Waals surface area contributed by atoms with Gasteiger partial charge >= 0.3 is 6.03 Å². The molecule has 1 aliphatic rings. The average Bonchev–Trinajstić information content (AvgIpc) is 3.24. The molecule has 4 amide bonds. The molecule has 0 aliphatic carbocycles. The Bertz CT molecular complexity index is 1390. The minimum Gasteiger partial charge on any atom is -0.491 e. The van der Waals surface area contributed by atoms with Gasteiger partial charge in [-0.25, -0.2) is 14.1 Å². The number of benzene rings is 3. The third-order valence-corrected chi connectivity index (χ3v) is 6.48. The van der Waals surface area contributed by atoms with Crippen LogP contribution in [0.2, 0.25) is 0 Å². The first-order valence-electron chi connectivity index (χ1n) is 12.3. The summed E-state index contributed by atoms with van der Waals surface area (Å²) in [6, 6.07) is 16.7. The van der Waals surface area contributed by atoms with E-state index in [-0.39, 0.29) is 5.69 Å². The van der Waals surface area contributed by atoms with Crippen LogP contribution in [-0.2, 0) is 14.3 Å². The molecular weight excluding hydrogens is 501 g/mol. The second kappa shape index (κ2) is 12.2. The van der Waals surface area contributed by atoms with Gasteiger partial charge in [-0.15, -0.1) is 6.42 Å². The Kier molecular flexibility index (Phi) is 8.59. The lowest BCUT2D eigenvalue weighted by Crippen LogP contribution is -2.50. The summed E-state index contributed by atoms with van der Waals surface area (Å²) in [4.78, 5) is 41.3. The Morgan fingerprint density at radius 3 is 2.46 bits per heavy atom. The predicted octanol–water partition coefficient (Wildman–Crippen LogP) is 4.24. The zero-order chi connectivity index (χ0) is 27.9. The molecule has 0 aromatic heterocycles. The molecule has 1 heterocycles. The highest BCUT2D eigenvalue weighted by molar-refractivity contribution is 6.10. The molecule has 3 atom stereocenters. The van der Waals surface area contributed by atoms with E-state index in [1.165, 1.54) is 12.1 Å². The molecule has 3 aromatic rings. The number of ether oxygens (including phenoxy) is 2. The summed E-state index contributed by atoms with van der Waals surface area (Å²) >= 11 is 0. The van der Waals surface area contributed by atoms with E-state index >= 15 is 0 Å². The van der Waals surface area contributed by atoms with Crippen LogP contribution in [0, 0.1) is 18.2 Å². The number of methoxy groups -OCH3 is 1. The summed E-state index contributed by atoms with van der Waals surface area (Å²) in [5, 5.41) is 5.21. The van der Waals surface area contributed by atoms with Gasteiger partial charge in [0.1, 0.15) is 30.3 Å². The fourth-order valence-electron chi connectivity index (χ4n) is 4.40. The molecule has 0 radical (unpaired) electrons. The first-order valence-corrected chi connectivity index (χ1v) is 12.3. The van der Waals surface area contributed by atoms with Crippen molar-refractivity contribution in [3.8, 4) is 18.1 Å². The van der Waals surface area contributed by atoms with Crippen LogP contribution in [0.25, 0.3) is 0 Å². The van der Waals surface area contributed by atoms with Crippen LogP contribution >= 0.6 is 0 Å². The topological polar surface area (TPSA) is 97.0 Å². The number of terminal acetylenes is 1. The van der Waals surface area contributed by atoms with Crippen LogP contribution in [0.1, 0.15) is 35.6 Å². The number of hydrogen-bond donors (Lipinski definition) is 2. The van der Waals surface area contributed by atoms with Gasteiger partial charge < -0.3 is 20.1 Å². The SMILES string of the molecule is C#Cc1ccc(NC(=O)C(C(C)c2ccccc2)N2C(=O)N[C@H](c3ccc(OCCOC)cc3)C2=O)c(F)c1. The summed E-state index contributed by atoms with van der Waals surface area (Å²) in [7, 11) is 1.57. The quantitative estimate of drug-likeness (QED) is 0.233. The highest BCUT2D eigenvalue weighted by atomic mass is 19.1. The number of anilines is 1. The summed E-state index contributed by atoms with van der Waals surface area (Å²) in [5.74, 6) is 0.261. The minimum absolute atomic E-state index is 0.114. The fourth-order valence-corrected chi connectivity index (χ4v) is 4.40. The van der Waals surface area contributed by atoms with Gasteiger partial charge in [-0.1, -0.05) is 55.3 Å². The molecular formula is C30H28FN3O5. The van der Waals surface area contributed by atoms with Crippen LogP contribution in [0.5, 0.6) is 5.75 Å². The van der Waals surface area contributed by atoms with E-state index in [1.54, 1.807) is 62.6 Å². The Hall–Kier alpha value is -4.68. The van der Waals surface area contributed by atoms with Gasteiger partial charge in [-0.2, -0.15) is 0 Å². The van der Waals surface area contributed by atoms with Crippen molar-refractivity contribution in [1.82, 2.24) is 10.2 Å². The lowest BCUT2D eigenvalue weighted by Gasteiger charge is -2.30. The predicted molar refractivity (Wildman–Crippen MR) is 144 cm³/mol. The number of hydrogen-bond acceptors (Lipinski definition) is 5. The van der Waals surface area contributed by atoms with Gasteiger partial charge in [0.05, 0.1) is 12.3 Å². The Labute approximate surface area is 226 Å². The Balaban J connectivity index is 1.62. The average molecular weight is 530 g/mol. The second-order valence-electron chi connectivity index (χ2n) is 8.97. The molecule has 2 N–H and O–H groups in total. The minimum atomic E-state index is -1.27. The Morgan fingerprint density at radius 2 is 1.82 bits per heavy atom. The molecule has 0 spiro atoms. The number of imide groups is 1. The number of urea groups is 1. The number of halogens is 1. The largest absolute Gasteiger partial charge is 0.491 e. The standard InChI is InChI=1S/C30H28FN3O5/c1-4-20-10-15-25(24(31)18-20)32-28(35)27(19(2)21-8-6-5-7-9-21)34-29(36)26(33-30(34)37)22-11-13-23(14-12-22)39-17-16-38-3/h1,5-15,18-19,26-27H,16-17H2,2-3H3,(H,32,35)(H,33,37)/t19?,26-,27?/m1/s1. The number of carbonyl (C=O) groups excluding carboxylic acids is 3. The number of carbonyl (C=O) groups is 3. The molecule has 1 aliphatic heterocycles. The molecule has 1 saturated heterocycles. The zero-order valence-corrected chi connectivity index (χ0v) is 21.5. The van der Waals surface area contributed by atoms with Gasteiger partial charge in [0.25, 0.3) is 5.91 Å². The molecule has 4 rings (SSSR count). The van der Waals surface area contributed by atoms with Crippen LogP contribution in [0.4, 0.5) is 14.9 Å². The number of nitrogens with one attached hydrogen (secondary N) is 2. The highest BCUT2D eigenvalue weighted by Crippen LogP contribution is 2.32. The van der Waals surface area contributed by atoms with Crippen LogP contribution in [-0.4, -0.2) is 49.1 Å². The third-order valence-electron chi connectivity index (χ3n) is 6.48. The van der Waals surface area contributed by atoms with E-state index in [0.717, 1.165) is 16.5 Å². The molecule has 1 fully saturated rings. The van der Waals surface area contributed by atoms with E-state index in [4.69, 9.17) is 15.9 Å². The van der Waals surface area contributed by atoms with Crippen molar-refractivity contribution < 1.29 is 28.2 Å². The smallest absolute Gasteiger partial charge is 0.325 e. The molecule has 39 heavy (non-hydrogen) atoms. The van der Waals surface area contributed by atoms with Crippen LogP contribution < -0.4 is 15.4 Å². The van der Waals surface area contributed by atoms with Gasteiger partial charge in [0.2, 0.25) is 5.91 Å². The lowest BCUT2D eigenvalue weighted by molar-refractivity contribution is -0.134. The summed E-state index contributed by atoms with van der Waals surface area (Å²) < 4.78 is 25.2. The van der Waals surface area contributed by atoms with Crippen molar-refractivity contribution in [3.63, 3.8) is 0 Å². The van der Waals surface area contributed by atoms with Crippen LogP contribution in [0.15, 0.2) is 72.8 Å². The van der Waals surface area contributed by atoms with E-state index in [0.29, 0.717) is 30.1 Å². The highest BCUT2D eigenvalue weighted by Gasteiger charge is 2.47. The molecule has 8 nitrogen and oxygen atoms in total. The summed E-state index contributed by atoms with van der Waals surface area (Å²) in [6.07, 6.45) is 5.33. The maximum absolute atomic E-state index is 14.6. The first-order chi connectivity index (χ1) is 18.8. The first kappa shape index (κ1) is 27.4. The summed E-state index contributed by atoms with van der Waals surface area (Å²) in [5.41, 5.74) is 1.45. The maximum atomic E-state index is 14.6. The molecule has 2 unspecified atom stereocenters. The number of amides is 4. The molecule has 200 valence electrons. The summed E-state index contributed by atoms with van der Waals surface area (Å²) in [6.45, 7) is 2.52. The van der Waals surface area contributed by atoms with E-state index in [9.17, 15) is 18.8 Å². The van der Waals surface area contributed by atoms with Crippen molar-refractivity contribution >= 4 is 23.5 Å². The van der Waals surface area contributed by atoms with Crippen molar-refractivity contribution in [2.75, 3.05) is 25.6 Å². The van der Waals surface area contributed by atoms with Crippen molar-refractivity contribution in [1.29, 1.82) is 0 Å². The van der Waals surface area contributed by atoms with Crippen LogP contribution in [0.3, 0.4) is 0 Å². The van der Waals surface area contributed by atoms with Gasteiger partial charge in [-0.3, -0.25) is 9.59 Å². The number of rotatable bonds is 10. The molecule has 3 aromatic carbocycles.